The number of nitrogens with one attached hydrogen (secondary N) is 4. The zero-order valence-corrected chi connectivity index (χ0v) is 23.8. The number of hydrogen-bond donors (Lipinski definition) is 5. The smallest absolute Gasteiger partial charge is 0.253 e. The lowest BCUT2D eigenvalue weighted by Gasteiger charge is -2.20. The third-order valence-corrected chi connectivity index (χ3v) is 7.76. The Bertz CT molecular complexity index is 1390. The van der Waals surface area contributed by atoms with Gasteiger partial charge in [0.2, 0.25) is 0 Å². The summed E-state index contributed by atoms with van der Waals surface area (Å²) in [6.07, 6.45) is 5.71. The van der Waals surface area contributed by atoms with Crippen molar-refractivity contribution in [1.29, 1.82) is 5.41 Å². The first-order valence-electron chi connectivity index (χ1n) is 14.2. The summed E-state index contributed by atoms with van der Waals surface area (Å²) in [4.78, 5) is 31.0. The van der Waals surface area contributed by atoms with Crippen LogP contribution in [0.4, 0.5) is 5.69 Å². The van der Waals surface area contributed by atoms with Crippen LogP contribution in [0.5, 0.6) is 0 Å². The number of aliphatic hydroxyl groups is 1. The number of likely N-dealkylation sites (N-methyl/N-ethyl adjacent to an activating group) is 1. The highest BCUT2D eigenvalue weighted by Gasteiger charge is 2.21. The Morgan fingerprint density at radius 1 is 1.12 bits per heavy atom. The second-order valence-electron chi connectivity index (χ2n) is 10.7. The highest BCUT2D eigenvalue weighted by Crippen LogP contribution is 2.31. The number of benzene rings is 2. The van der Waals surface area contributed by atoms with Crippen LogP contribution in [0.3, 0.4) is 0 Å². The van der Waals surface area contributed by atoms with E-state index in [1.54, 1.807) is 0 Å². The zero-order valence-electron chi connectivity index (χ0n) is 23.8. The van der Waals surface area contributed by atoms with Gasteiger partial charge in [-0.25, -0.2) is 0 Å². The number of pyridine rings is 1. The largest absolute Gasteiger partial charge is 0.395 e. The molecule has 1 fully saturated rings. The predicted octanol–water partition coefficient (Wildman–Crippen LogP) is 4.76. The number of hydrogen-bond acceptors (Lipinski definition) is 6. The maximum Gasteiger partial charge on any atom is 0.253 e. The Hall–Kier alpha value is -3.75. The lowest BCUT2D eigenvalue weighted by atomic mass is 9.95. The molecule has 40 heavy (non-hydrogen) atoms. The molecule has 5 N–H and O–H groups in total. The molecule has 1 aliphatic carbocycles. The van der Waals surface area contributed by atoms with Crippen molar-refractivity contribution in [2.24, 2.45) is 0 Å². The quantitative estimate of drug-likeness (QED) is 0.211. The molecule has 8 nitrogen and oxygen atoms in total. The minimum Gasteiger partial charge on any atom is -0.395 e. The van der Waals surface area contributed by atoms with Crippen LogP contribution in [-0.2, 0) is 13.1 Å². The van der Waals surface area contributed by atoms with Gasteiger partial charge >= 0.3 is 0 Å². The lowest BCUT2D eigenvalue weighted by molar-refractivity contribution is 0.0950. The van der Waals surface area contributed by atoms with Crippen molar-refractivity contribution in [3.8, 4) is 11.1 Å². The number of nitrogens with zero attached hydrogens (tertiary/aromatic N) is 1. The monoisotopic (exact) mass is 543 g/mol. The Kier molecular flexibility index (Phi) is 9.90. The van der Waals surface area contributed by atoms with E-state index in [0.29, 0.717) is 29.3 Å². The highest BCUT2D eigenvalue weighted by atomic mass is 16.3. The Labute approximate surface area is 236 Å². The van der Waals surface area contributed by atoms with E-state index in [0.717, 1.165) is 59.6 Å². The standard InChI is InChI=1S/C32H41N5O3/c1-4-37(13-14-38)20-23-9-11-24(12-10-23)25-16-27(28(18-33)30(17-25)36-26-7-5-6-8-26)31(39)34-19-29-21(2)15-22(3)35-32(29)40/h9-12,15-18,26,33,36,38H,4-8,13-14,19-20H2,1-3H3,(H,34,39)(H,35,40). The molecule has 4 rings (SSSR count). The molecule has 1 saturated carbocycles. The summed E-state index contributed by atoms with van der Waals surface area (Å²) in [6, 6.07) is 14.3. The molecule has 0 unspecified atom stereocenters. The van der Waals surface area contributed by atoms with E-state index in [2.05, 4.69) is 51.7 Å². The van der Waals surface area contributed by atoms with Gasteiger partial charge in [-0.15, -0.1) is 0 Å². The van der Waals surface area contributed by atoms with Gasteiger partial charge in [-0.2, -0.15) is 0 Å². The Morgan fingerprint density at radius 2 is 1.85 bits per heavy atom. The molecule has 0 atom stereocenters. The molecule has 0 spiro atoms. The van der Waals surface area contributed by atoms with E-state index in [9.17, 15) is 14.7 Å². The van der Waals surface area contributed by atoms with Crippen LogP contribution in [0, 0.1) is 19.3 Å². The zero-order chi connectivity index (χ0) is 28.6. The molecule has 3 aromatic rings. The van der Waals surface area contributed by atoms with Gasteiger partial charge in [0.1, 0.15) is 0 Å². The number of carbonyl (C=O) groups is 1. The number of H-pyrrole nitrogens is 1. The summed E-state index contributed by atoms with van der Waals surface area (Å²) in [5.74, 6) is -0.326. The van der Waals surface area contributed by atoms with Crippen LogP contribution in [0.15, 0.2) is 47.3 Å². The summed E-state index contributed by atoms with van der Waals surface area (Å²) in [5.41, 5.74) is 6.65. The average molecular weight is 544 g/mol. The summed E-state index contributed by atoms with van der Waals surface area (Å²) in [6.45, 7) is 8.25. The van der Waals surface area contributed by atoms with Gasteiger partial charge in [0.25, 0.3) is 11.5 Å². The summed E-state index contributed by atoms with van der Waals surface area (Å²) in [7, 11) is 0. The number of aliphatic hydroxyl groups excluding tert-OH is 1. The maximum atomic E-state index is 13.5. The molecule has 0 radical (unpaired) electrons. The number of aromatic amines is 1. The van der Waals surface area contributed by atoms with Crippen molar-refractivity contribution >= 4 is 17.8 Å². The minimum atomic E-state index is -0.326. The molecule has 1 aromatic heterocycles. The summed E-state index contributed by atoms with van der Waals surface area (Å²) < 4.78 is 0. The fraction of sp³-hybridized carbons (Fsp3) is 0.406. The maximum absolute atomic E-state index is 13.5. The molecule has 2 aromatic carbocycles. The Morgan fingerprint density at radius 3 is 2.48 bits per heavy atom. The van der Waals surface area contributed by atoms with Gasteiger partial charge in [0, 0.05) is 54.4 Å². The molecule has 212 valence electrons. The number of anilines is 1. The first-order chi connectivity index (χ1) is 19.3. The van der Waals surface area contributed by atoms with Gasteiger partial charge in [-0.3, -0.25) is 14.5 Å². The fourth-order valence-corrected chi connectivity index (χ4v) is 5.49. The molecule has 1 amide bonds. The van der Waals surface area contributed by atoms with Gasteiger partial charge in [0.05, 0.1) is 12.2 Å². The van der Waals surface area contributed by atoms with Crippen LogP contribution < -0.4 is 16.2 Å². The van der Waals surface area contributed by atoms with Crippen molar-refractivity contribution in [2.75, 3.05) is 25.0 Å². The number of aryl methyl sites for hydroxylation is 2. The van der Waals surface area contributed by atoms with Crippen molar-refractivity contribution < 1.29 is 9.90 Å². The van der Waals surface area contributed by atoms with Crippen LogP contribution in [0.25, 0.3) is 11.1 Å². The highest BCUT2D eigenvalue weighted by molar-refractivity contribution is 6.06. The molecule has 1 aliphatic rings. The average Bonchev–Trinajstić information content (AvgIpc) is 3.45. The van der Waals surface area contributed by atoms with E-state index in [4.69, 9.17) is 5.41 Å². The molecule has 1 heterocycles. The third-order valence-electron chi connectivity index (χ3n) is 7.76. The predicted molar refractivity (Wildman–Crippen MR) is 161 cm³/mol. The van der Waals surface area contributed by atoms with Crippen LogP contribution in [0.2, 0.25) is 0 Å². The van der Waals surface area contributed by atoms with Crippen molar-refractivity contribution in [3.05, 3.63) is 86.3 Å². The van der Waals surface area contributed by atoms with Gasteiger partial charge < -0.3 is 26.1 Å². The second kappa shape index (κ2) is 13.5. The molecular weight excluding hydrogens is 502 g/mol. The van der Waals surface area contributed by atoms with E-state index >= 15 is 0 Å². The van der Waals surface area contributed by atoms with E-state index < -0.39 is 0 Å². The molecule has 0 bridgehead atoms. The number of aromatic nitrogens is 1. The molecular formula is C32H41N5O3. The first-order valence-corrected chi connectivity index (χ1v) is 14.2. The Balaban J connectivity index is 1.66. The number of carbonyl (C=O) groups excluding carboxylic acids is 1. The first kappa shape index (κ1) is 29.2. The number of rotatable bonds is 12. The number of amides is 1. The summed E-state index contributed by atoms with van der Waals surface area (Å²) >= 11 is 0. The van der Waals surface area contributed by atoms with Gasteiger partial charge in [-0.1, -0.05) is 44.0 Å². The third kappa shape index (κ3) is 7.06. The van der Waals surface area contributed by atoms with Crippen molar-refractivity contribution in [2.45, 2.75) is 65.6 Å². The molecule has 8 heteroatoms. The van der Waals surface area contributed by atoms with Crippen molar-refractivity contribution in [3.63, 3.8) is 0 Å². The van der Waals surface area contributed by atoms with Crippen LogP contribution in [0.1, 0.15) is 70.9 Å². The van der Waals surface area contributed by atoms with Crippen LogP contribution >= 0.6 is 0 Å². The molecule has 0 saturated heterocycles. The minimum absolute atomic E-state index is 0.101. The summed E-state index contributed by atoms with van der Waals surface area (Å²) in [5, 5.41) is 24.0. The van der Waals surface area contributed by atoms with Crippen LogP contribution in [-0.4, -0.2) is 52.9 Å². The van der Waals surface area contributed by atoms with Gasteiger partial charge in [-0.05, 0) is 73.7 Å². The van der Waals surface area contributed by atoms with Crippen molar-refractivity contribution in [1.82, 2.24) is 15.2 Å². The normalized spacial score (nSPS) is 13.5. The molecule has 0 aliphatic heterocycles. The van der Waals surface area contributed by atoms with E-state index in [1.807, 2.05) is 32.0 Å². The van der Waals surface area contributed by atoms with E-state index in [-0.39, 0.29) is 24.6 Å². The SMILES string of the molecule is CCN(CCO)Cc1ccc(-c2cc(NC3CCCC3)c(C=N)c(C(=O)NCc3c(C)cc(C)[nH]c3=O)c2)cc1. The second-order valence-corrected chi connectivity index (χ2v) is 10.7. The van der Waals surface area contributed by atoms with E-state index in [1.165, 1.54) is 19.1 Å². The topological polar surface area (TPSA) is 121 Å². The lowest BCUT2D eigenvalue weighted by Crippen LogP contribution is -2.29. The van der Waals surface area contributed by atoms with Gasteiger partial charge in [0.15, 0.2) is 0 Å². The fourth-order valence-electron chi connectivity index (χ4n) is 5.49.